The second kappa shape index (κ2) is 5.97. The number of hydrogen-bond acceptors (Lipinski definition) is 6. The average Bonchev–Trinajstić information content (AvgIpc) is 2.74. The van der Waals surface area contributed by atoms with Gasteiger partial charge in [0.25, 0.3) is 0 Å². The number of ether oxygens (including phenoxy) is 2. The molecule has 0 unspecified atom stereocenters. The van der Waals surface area contributed by atoms with Gasteiger partial charge in [-0.3, -0.25) is 14.4 Å². The van der Waals surface area contributed by atoms with Crippen LogP contribution in [0, 0.1) is 11.8 Å². The van der Waals surface area contributed by atoms with E-state index in [1.165, 1.54) is 5.32 Å². The molecule has 0 bridgehead atoms. The molecule has 118 valence electrons. The van der Waals surface area contributed by atoms with Gasteiger partial charge in [0.15, 0.2) is 5.92 Å². The van der Waals surface area contributed by atoms with Crippen molar-refractivity contribution >= 4 is 23.8 Å². The number of hydrogen-bond donors (Lipinski definition) is 2. The van der Waals surface area contributed by atoms with Gasteiger partial charge < -0.3 is 19.9 Å². The average molecular weight is 313 g/mol. The van der Waals surface area contributed by atoms with E-state index in [4.69, 9.17) is 5.11 Å². The van der Waals surface area contributed by atoms with Crippen LogP contribution in [-0.2, 0) is 28.7 Å². The van der Waals surface area contributed by atoms with Crippen molar-refractivity contribution < 1.29 is 46.9 Å². The summed E-state index contributed by atoms with van der Waals surface area (Å²) in [4.78, 5) is 44.6. The lowest BCUT2D eigenvalue weighted by molar-refractivity contribution is -0.176. The van der Waals surface area contributed by atoms with Crippen molar-refractivity contribution in [2.75, 3.05) is 13.7 Å². The fraction of sp³-hybridized carbons (Fsp3) is 0.600. The van der Waals surface area contributed by atoms with Crippen LogP contribution in [-0.4, -0.2) is 54.9 Å². The molecular weight excluding hydrogens is 303 g/mol. The summed E-state index contributed by atoms with van der Waals surface area (Å²) >= 11 is 0. The molecule has 1 saturated heterocycles. The third-order valence-corrected chi connectivity index (χ3v) is 2.79. The van der Waals surface area contributed by atoms with Crippen LogP contribution in [0.2, 0.25) is 0 Å². The van der Waals surface area contributed by atoms with Gasteiger partial charge in [-0.1, -0.05) is 0 Å². The Balaban J connectivity index is 3.00. The van der Waals surface area contributed by atoms with Crippen LogP contribution in [0.5, 0.6) is 0 Å². The van der Waals surface area contributed by atoms with Crippen molar-refractivity contribution in [3.63, 3.8) is 0 Å². The molecule has 0 aliphatic carbocycles. The number of carbonyl (C=O) groups excluding carboxylic acids is 3. The number of rotatable bonds is 4. The molecule has 11 heteroatoms. The minimum atomic E-state index is -5.31. The second-order valence-electron chi connectivity index (χ2n) is 4.08. The van der Waals surface area contributed by atoms with Crippen LogP contribution >= 0.6 is 0 Å². The van der Waals surface area contributed by atoms with Gasteiger partial charge in [0.05, 0.1) is 13.7 Å². The van der Waals surface area contributed by atoms with E-state index in [1.807, 2.05) is 0 Å². The van der Waals surface area contributed by atoms with E-state index in [0.29, 0.717) is 0 Å². The minimum Gasteiger partial charge on any atom is -0.480 e. The number of cyclic esters (lactones) is 1. The summed E-state index contributed by atoms with van der Waals surface area (Å²) in [6, 6.07) is -2.13. The molecule has 0 aromatic heterocycles. The second-order valence-corrected chi connectivity index (χ2v) is 4.08. The van der Waals surface area contributed by atoms with Crippen molar-refractivity contribution in [1.82, 2.24) is 5.32 Å². The number of carboxylic acid groups (broad SMARTS) is 1. The molecule has 0 aromatic carbocycles. The molecule has 1 rings (SSSR count). The number of carbonyl (C=O) groups is 4. The largest absolute Gasteiger partial charge is 0.480 e. The van der Waals surface area contributed by atoms with Crippen molar-refractivity contribution in [1.29, 1.82) is 0 Å². The molecule has 2 N–H and O–H groups in total. The maximum Gasteiger partial charge on any atom is 0.471 e. The van der Waals surface area contributed by atoms with Gasteiger partial charge >= 0.3 is 30.0 Å². The highest BCUT2D eigenvalue weighted by atomic mass is 19.4. The van der Waals surface area contributed by atoms with E-state index >= 15 is 0 Å². The molecule has 8 nitrogen and oxygen atoms in total. The number of halogens is 3. The molecule has 1 fully saturated rings. The number of nitrogens with one attached hydrogen (secondary N) is 1. The summed E-state index contributed by atoms with van der Waals surface area (Å²) in [5.41, 5.74) is 0. The van der Waals surface area contributed by atoms with Crippen LogP contribution in [0.4, 0.5) is 13.2 Å². The Labute approximate surface area is 115 Å². The molecule has 0 spiro atoms. The molecule has 0 saturated carbocycles. The fourth-order valence-electron chi connectivity index (χ4n) is 1.80. The lowest BCUT2D eigenvalue weighted by atomic mass is 9.88. The topological polar surface area (TPSA) is 119 Å². The third kappa shape index (κ3) is 3.61. The Kier molecular flexibility index (Phi) is 4.76. The molecule has 1 aliphatic heterocycles. The normalized spacial score (nSPS) is 23.1. The maximum absolute atomic E-state index is 12.2. The summed E-state index contributed by atoms with van der Waals surface area (Å²) in [5.74, 6) is -9.85. The lowest BCUT2D eigenvalue weighted by Crippen LogP contribution is -2.53. The summed E-state index contributed by atoms with van der Waals surface area (Å²) < 4.78 is 45.2. The highest BCUT2D eigenvalue weighted by Gasteiger charge is 2.51. The first-order valence-electron chi connectivity index (χ1n) is 5.44. The first-order chi connectivity index (χ1) is 9.59. The molecule has 1 aliphatic rings. The Hall–Kier alpha value is -2.33. The standard InChI is InChI=1S/C10H10F3NO7/c1-20-7(17)4-3(2-21-8(4)18)5(6(15)16)14-9(19)10(11,12)13/h3-5H,2H2,1H3,(H,14,19)(H,15,16)/t3-,4-,5-/m0/s1. The van der Waals surface area contributed by atoms with Crippen LogP contribution in [0.3, 0.4) is 0 Å². The smallest absolute Gasteiger partial charge is 0.471 e. The number of alkyl halides is 3. The predicted octanol–water partition coefficient (Wildman–Crippen LogP) is -0.920. The maximum atomic E-state index is 12.2. The van der Waals surface area contributed by atoms with E-state index in [1.54, 1.807) is 0 Å². The Morgan fingerprint density at radius 3 is 2.43 bits per heavy atom. The number of amides is 1. The Morgan fingerprint density at radius 2 is 2.00 bits per heavy atom. The fourth-order valence-corrected chi connectivity index (χ4v) is 1.80. The zero-order valence-electron chi connectivity index (χ0n) is 10.5. The van der Waals surface area contributed by atoms with E-state index in [2.05, 4.69) is 9.47 Å². The van der Waals surface area contributed by atoms with E-state index in [-0.39, 0.29) is 0 Å². The minimum absolute atomic E-state index is 0.631. The van der Waals surface area contributed by atoms with Crippen LogP contribution < -0.4 is 5.32 Å². The van der Waals surface area contributed by atoms with E-state index in [0.717, 1.165) is 7.11 Å². The number of esters is 2. The SMILES string of the molecule is COC(=O)[C@H]1C(=O)OC[C@@H]1[C@H](NC(=O)C(F)(F)F)C(=O)O. The van der Waals surface area contributed by atoms with Crippen molar-refractivity contribution in [2.45, 2.75) is 12.2 Å². The highest BCUT2D eigenvalue weighted by Crippen LogP contribution is 2.27. The summed E-state index contributed by atoms with van der Waals surface area (Å²) in [6.45, 7) is -0.631. The molecule has 21 heavy (non-hydrogen) atoms. The first-order valence-corrected chi connectivity index (χ1v) is 5.44. The zero-order valence-corrected chi connectivity index (χ0v) is 10.5. The molecule has 1 amide bonds. The Morgan fingerprint density at radius 1 is 1.43 bits per heavy atom. The van der Waals surface area contributed by atoms with Gasteiger partial charge in [-0.15, -0.1) is 0 Å². The van der Waals surface area contributed by atoms with Crippen molar-refractivity contribution in [3.8, 4) is 0 Å². The quantitative estimate of drug-likeness (QED) is 0.509. The van der Waals surface area contributed by atoms with E-state index < -0.39 is 54.5 Å². The van der Waals surface area contributed by atoms with Gasteiger partial charge in [-0.25, -0.2) is 4.79 Å². The number of aliphatic carboxylic acids is 1. The lowest BCUT2D eigenvalue weighted by Gasteiger charge is -2.22. The number of carboxylic acids is 1. The zero-order chi connectivity index (χ0) is 16.4. The summed E-state index contributed by atoms with van der Waals surface area (Å²) in [7, 11) is 0.912. The van der Waals surface area contributed by atoms with Gasteiger partial charge in [0.2, 0.25) is 0 Å². The Bertz CT molecular complexity index is 476. The molecular formula is C10H10F3NO7. The number of methoxy groups -OCH3 is 1. The van der Waals surface area contributed by atoms with Gasteiger partial charge in [-0.2, -0.15) is 13.2 Å². The third-order valence-electron chi connectivity index (χ3n) is 2.79. The molecule has 3 atom stereocenters. The monoisotopic (exact) mass is 313 g/mol. The molecule has 0 aromatic rings. The van der Waals surface area contributed by atoms with Gasteiger partial charge in [0, 0.05) is 5.92 Å². The van der Waals surface area contributed by atoms with Crippen LogP contribution in [0.25, 0.3) is 0 Å². The summed E-state index contributed by atoms with van der Waals surface area (Å²) in [5, 5.41) is 10.1. The molecule has 1 heterocycles. The highest BCUT2D eigenvalue weighted by molar-refractivity contribution is 5.98. The van der Waals surface area contributed by atoms with E-state index in [9.17, 15) is 32.3 Å². The van der Waals surface area contributed by atoms with Gasteiger partial charge in [0.1, 0.15) is 6.04 Å². The molecule has 0 radical (unpaired) electrons. The van der Waals surface area contributed by atoms with Crippen LogP contribution in [0.15, 0.2) is 0 Å². The van der Waals surface area contributed by atoms with Crippen molar-refractivity contribution in [2.24, 2.45) is 11.8 Å². The van der Waals surface area contributed by atoms with Gasteiger partial charge in [-0.05, 0) is 0 Å². The van der Waals surface area contributed by atoms with Crippen molar-refractivity contribution in [3.05, 3.63) is 0 Å². The summed E-state index contributed by atoms with van der Waals surface area (Å²) in [6.07, 6.45) is -5.31. The predicted molar refractivity (Wildman–Crippen MR) is 55.6 cm³/mol. The first kappa shape index (κ1) is 16.7. The van der Waals surface area contributed by atoms with Crippen LogP contribution in [0.1, 0.15) is 0 Å².